The van der Waals surface area contributed by atoms with Crippen molar-refractivity contribution in [2.75, 3.05) is 25.0 Å². The first-order chi connectivity index (χ1) is 8.38. The van der Waals surface area contributed by atoms with Crippen LogP contribution < -0.4 is 15.8 Å². The smallest absolute Gasteiger partial charge is 0.252 e. The number of nitrogens with one attached hydrogen (secondary N) is 2. The topological polar surface area (TPSA) is 78.1 Å². The number of hydrogen-bond acceptors (Lipinski definition) is 4. The molecule has 6 heteroatoms. The highest BCUT2D eigenvalue weighted by Crippen LogP contribution is 2.04. The van der Waals surface area contributed by atoms with E-state index < -0.39 is 0 Å². The normalized spacial score (nSPS) is 10.5. The molecule has 0 aromatic carbocycles. The number of H-pyrrole nitrogens is 1. The van der Waals surface area contributed by atoms with Crippen molar-refractivity contribution in [1.82, 2.24) is 15.3 Å². The van der Waals surface area contributed by atoms with E-state index in [0.717, 1.165) is 0 Å². The monoisotopic (exact) mass is 252 g/mol. The Morgan fingerprint density at radius 2 is 2.22 bits per heavy atom. The summed E-state index contributed by atoms with van der Waals surface area (Å²) in [4.78, 5) is 31.3. The standard InChI is InChI=1S/C12H20N4O2/c1-8(2)6-13-12(18)7-16(4)10-5-11(17)15-9(3)14-10/h5,8H,6-7H2,1-4H3,(H,13,18)(H,14,15,17). The Hall–Kier alpha value is -1.85. The van der Waals surface area contributed by atoms with Crippen molar-refractivity contribution in [1.29, 1.82) is 0 Å². The van der Waals surface area contributed by atoms with Crippen molar-refractivity contribution < 1.29 is 4.79 Å². The molecule has 1 aromatic heterocycles. The zero-order valence-corrected chi connectivity index (χ0v) is 11.3. The molecule has 0 aliphatic carbocycles. The van der Waals surface area contributed by atoms with Gasteiger partial charge in [0.15, 0.2) is 0 Å². The molecule has 0 aliphatic rings. The lowest BCUT2D eigenvalue weighted by molar-refractivity contribution is -0.119. The molecule has 1 heterocycles. The second kappa shape index (κ2) is 6.18. The summed E-state index contributed by atoms with van der Waals surface area (Å²) in [5.74, 6) is 1.37. The number of carbonyl (C=O) groups excluding carboxylic acids is 1. The number of aromatic nitrogens is 2. The van der Waals surface area contributed by atoms with Crippen molar-refractivity contribution in [2.45, 2.75) is 20.8 Å². The van der Waals surface area contributed by atoms with Crippen molar-refractivity contribution in [3.63, 3.8) is 0 Å². The van der Waals surface area contributed by atoms with Gasteiger partial charge < -0.3 is 15.2 Å². The Labute approximate surface area is 106 Å². The third-order valence-corrected chi connectivity index (χ3v) is 2.33. The highest BCUT2D eigenvalue weighted by atomic mass is 16.2. The fourth-order valence-corrected chi connectivity index (χ4v) is 1.43. The fourth-order valence-electron chi connectivity index (χ4n) is 1.43. The predicted octanol–water partition coefficient (Wildman–Crippen LogP) is 0.287. The van der Waals surface area contributed by atoms with Crippen LogP contribution in [-0.4, -0.2) is 36.0 Å². The molecule has 0 aliphatic heterocycles. The molecule has 0 spiro atoms. The summed E-state index contributed by atoms with van der Waals surface area (Å²) < 4.78 is 0. The zero-order chi connectivity index (χ0) is 13.7. The number of rotatable bonds is 5. The molecule has 1 aromatic rings. The lowest BCUT2D eigenvalue weighted by Crippen LogP contribution is -2.37. The molecular weight excluding hydrogens is 232 g/mol. The number of amides is 1. The van der Waals surface area contributed by atoms with E-state index >= 15 is 0 Å². The van der Waals surface area contributed by atoms with Crippen LogP contribution in [0.2, 0.25) is 0 Å². The fraction of sp³-hybridized carbons (Fsp3) is 0.583. The Balaban J connectivity index is 2.62. The highest BCUT2D eigenvalue weighted by molar-refractivity contribution is 5.80. The second-order valence-electron chi connectivity index (χ2n) is 4.74. The number of nitrogens with zero attached hydrogens (tertiary/aromatic N) is 2. The van der Waals surface area contributed by atoms with Gasteiger partial charge >= 0.3 is 0 Å². The molecule has 6 nitrogen and oxygen atoms in total. The molecule has 0 bridgehead atoms. The van der Waals surface area contributed by atoms with E-state index in [2.05, 4.69) is 15.3 Å². The van der Waals surface area contributed by atoms with Crippen LogP contribution in [0.4, 0.5) is 5.82 Å². The quantitative estimate of drug-likeness (QED) is 0.789. The Bertz CT molecular complexity index is 467. The molecular formula is C12H20N4O2. The number of carbonyl (C=O) groups is 1. The Morgan fingerprint density at radius 3 is 2.78 bits per heavy atom. The summed E-state index contributed by atoms with van der Waals surface area (Å²) >= 11 is 0. The number of aromatic amines is 1. The number of likely N-dealkylation sites (N-methyl/N-ethyl adjacent to an activating group) is 1. The van der Waals surface area contributed by atoms with Gasteiger partial charge in [0.2, 0.25) is 5.91 Å². The van der Waals surface area contributed by atoms with Gasteiger partial charge in [0.1, 0.15) is 11.6 Å². The van der Waals surface area contributed by atoms with Gasteiger partial charge in [0.05, 0.1) is 6.54 Å². The molecule has 100 valence electrons. The maximum absolute atomic E-state index is 11.6. The van der Waals surface area contributed by atoms with Crippen LogP contribution in [0.1, 0.15) is 19.7 Å². The first kappa shape index (κ1) is 14.2. The lowest BCUT2D eigenvalue weighted by atomic mass is 10.2. The minimum absolute atomic E-state index is 0.0778. The van der Waals surface area contributed by atoms with Gasteiger partial charge in [-0.2, -0.15) is 0 Å². The van der Waals surface area contributed by atoms with Crippen LogP contribution in [0.15, 0.2) is 10.9 Å². The third-order valence-electron chi connectivity index (χ3n) is 2.33. The lowest BCUT2D eigenvalue weighted by Gasteiger charge is -2.18. The summed E-state index contributed by atoms with van der Waals surface area (Å²) in [6, 6.07) is 1.38. The average Bonchev–Trinajstić information content (AvgIpc) is 2.25. The summed E-state index contributed by atoms with van der Waals surface area (Å²) in [6.07, 6.45) is 0. The largest absolute Gasteiger partial charge is 0.354 e. The molecule has 1 rings (SSSR count). The van der Waals surface area contributed by atoms with Gasteiger partial charge in [0.25, 0.3) is 5.56 Å². The molecule has 0 radical (unpaired) electrons. The van der Waals surface area contributed by atoms with E-state index in [0.29, 0.717) is 24.1 Å². The first-order valence-corrected chi connectivity index (χ1v) is 5.94. The van der Waals surface area contributed by atoms with Gasteiger partial charge in [-0.05, 0) is 12.8 Å². The first-order valence-electron chi connectivity index (χ1n) is 5.94. The van der Waals surface area contributed by atoms with Crippen LogP contribution in [0, 0.1) is 12.8 Å². The SMILES string of the molecule is Cc1nc(N(C)CC(=O)NCC(C)C)cc(=O)[nH]1. The second-order valence-corrected chi connectivity index (χ2v) is 4.74. The molecule has 0 unspecified atom stereocenters. The highest BCUT2D eigenvalue weighted by Gasteiger charge is 2.09. The third kappa shape index (κ3) is 4.57. The minimum Gasteiger partial charge on any atom is -0.354 e. The number of aryl methyl sites for hydroxylation is 1. The molecule has 0 saturated heterocycles. The van der Waals surface area contributed by atoms with Gasteiger partial charge in [-0.1, -0.05) is 13.8 Å². The van der Waals surface area contributed by atoms with E-state index in [1.54, 1.807) is 18.9 Å². The maximum Gasteiger partial charge on any atom is 0.252 e. The molecule has 1 amide bonds. The van der Waals surface area contributed by atoms with Crippen LogP contribution >= 0.6 is 0 Å². The molecule has 0 fully saturated rings. The van der Waals surface area contributed by atoms with Crippen molar-refractivity contribution in [3.8, 4) is 0 Å². The van der Waals surface area contributed by atoms with Crippen LogP contribution in [0.5, 0.6) is 0 Å². The van der Waals surface area contributed by atoms with Gasteiger partial charge in [0, 0.05) is 19.7 Å². The molecule has 2 N–H and O–H groups in total. The van der Waals surface area contributed by atoms with Crippen LogP contribution in [0.3, 0.4) is 0 Å². The maximum atomic E-state index is 11.6. The summed E-state index contributed by atoms with van der Waals surface area (Å²) in [5, 5.41) is 2.82. The molecule has 0 atom stereocenters. The van der Waals surface area contributed by atoms with Crippen molar-refractivity contribution in [2.24, 2.45) is 5.92 Å². The summed E-state index contributed by atoms with van der Waals surface area (Å²) in [5.41, 5.74) is -0.216. The van der Waals surface area contributed by atoms with Gasteiger partial charge in [-0.15, -0.1) is 0 Å². The number of anilines is 1. The summed E-state index contributed by atoms with van der Waals surface area (Å²) in [7, 11) is 1.73. The Morgan fingerprint density at radius 1 is 1.56 bits per heavy atom. The minimum atomic E-state index is -0.216. The van der Waals surface area contributed by atoms with E-state index in [9.17, 15) is 9.59 Å². The van der Waals surface area contributed by atoms with Crippen molar-refractivity contribution in [3.05, 3.63) is 22.2 Å². The Kier molecular flexibility index (Phi) is 4.88. The van der Waals surface area contributed by atoms with E-state index in [1.165, 1.54) is 6.07 Å². The zero-order valence-electron chi connectivity index (χ0n) is 11.3. The summed E-state index contributed by atoms with van der Waals surface area (Å²) in [6.45, 7) is 6.60. The van der Waals surface area contributed by atoms with E-state index in [1.807, 2.05) is 13.8 Å². The van der Waals surface area contributed by atoms with Crippen molar-refractivity contribution >= 4 is 11.7 Å². The van der Waals surface area contributed by atoms with Gasteiger partial charge in [-0.25, -0.2) is 4.98 Å². The van der Waals surface area contributed by atoms with Crippen LogP contribution in [0.25, 0.3) is 0 Å². The van der Waals surface area contributed by atoms with E-state index in [-0.39, 0.29) is 18.0 Å². The average molecular weight is 252 g/mol. The molecule has 0 saturated carbocycles. The molecule has 18 heavy (non-hydrogen) atoms. The number of hydrogen-bond donors (Lipinski definition) is 2. The van der Waals surface area contributed by atoms with Gasteiger partial charge in [-0.3, -0.25) is 9.59 Å². The van der Waals surface area contributed by atoms with E-state index in [4.69, 9.17) is 0 Å². The van der Waals surface area contributed by atoms with Crippen LogP contribution in [-0.2, 0) is 4.79 Å². The predicted molar refractivity (Wildman–Crippen MR) is 70.7 cm³/mol.